The van der Waals surface area contributed by atoms with Crippen LogP contribution in [0.5, 0.6) is 5.75 Å². The number of nitrogens with zero attached hydrogens (tertiary/aromatic N) is 3. The number of aromatic nitrogens is 3. The molecule has 0 bridgehead atoms. The maximum Gasteiger partial charge on any atom is 0.134 e. The predicted octanol–water partition coefficient (Wildman–Crippen LogP) is 1.59. The van der Waals surface area contributed by atoms with Gasteiger partial charge in [0.15, 0.2) is 0 Å². The van der Waals surface area contributed by atoms with Crippen LogP contribution in [-0.2, 0) is 13.7 Å². The molecule has 0 unspecified atom stereocenters. The number of halogens is 1. The van der Waals surface area contributed by atoms with Gasteiger partial charge in [-0.15, -0.1) is 5.10 Å². The predicted molar refractivity (Wildman–Crippen MR) is 62.4 cm³/mol. The molecule has 0 radical (unpaired) electrons. The van der Waals surface area contributed by atoms with Gasteiger partial charge < -0.3 is 9.84 Å². The summed E-state index contributed by atoms with van der Waals surface area (Å²) in [6, 6.07) is 4.04. The van der Waals surface area contributed by atoms with Crippen molar-refractivity contribution in [1.82, 2.24) is 15.0 Å². The Bertz CT molecular complexity index is 540. The summed E-state index contributed by atoms with van der Waals surface area (Å²) in [7, 11) is 1.76. The third-order valence-electron chi connectivity index (χ3n) is 2.45. The van der Waals surface area contributed by atoms with Gasteiger partial charge >= 0.3 is 0 Å². The smallest absolute Gasteiger partial charge is 0.134 e. The van der Waals surface area contributed by atoms with Crippen molar-refractivity contribution >= 4 is 0 Å². The lowest BCUT2D eigenvalue weighted by Crippen LogP contribution is -2.02. The molecule has 0 amide bonds. The van der Waals surface area contributed by atoms with Crippen molar-refractivity contribution in [3.63, 3.8) is 0 Å². The summed E-state index contributed by atoms with van der Waals surface area (Å²) in [6.07, 6.45) is 0.934. The number of rotatable bonds is 4. The normalized spacial score (nSPS) is 12.4. The zero-order valence-electron chi connectivity index (χ0n) is 10.2. The van der Waals surface area contributed by atoms with Gasteiger partial charge in [-0.3, -0.25) is 4.68 Å². The van der Waals surface area contributed by atoms with Crippen molar-refractivity contribution in [2.24, 2.45) is 7.05 Å². The quantitative estimate of drug-likeness (QED) is 0.896. The van der Waals surface area contributed by atoms with E-state index in [-0.39, 0.29) is 6.61 Å². The minimum atomic E-state index is -0.794. The molecule has 2 aromatic rings. The standard InChI is InChI=1S/C12H14FN3O2/c1-8(17)11-5-9(13)3-4-12(11)18-7-10-6-16(2)15-14-10/h3-6,8,17H,7H2,1-2H3/t8-/m1/s1. The van der Waals surface area contributed by atoms with Gasteiger partial charge in [0.1, 0.15) is 23.9 Å². The molecule has 0 spiro atoms. The van der Waals surface area contributed by atoms with Crippen LogP contribution in [0.25, 0.3) is 0 Å². The zero-order valence-corrected chi connectivity index (χ0v) is 10.2. The second-order valence-electron chi connectivity index (χ2n) is 4.03. The SMILES string of the molecule is C[C@@H](O)c1cc(F)ccc1OCc1cn(C)nn1. The summed E-state index contributed by atoms with van der Waals surface area (Å²) < 4.78 is 20.2. The highest BCUT2D eigenvalue weighted by Gasteiger charge is 2.11. The fourth-order valence-electron chi connectivity index (χ4n) is 1.59. The lowest BCUT2D eigenvalue weighted by atomic mass is 10.1. The van der Waals surface area contributed by atoms with Crippen LogP contribution in [-0.4, -0.2) is 20.1 Å². The van der Waals surface area contributed by atoms with E-state index in [4.69, 9.17) is 4.74 Å². The third-order valence-corrected chi connectivity index (χ3v) is 2.45. The van der Waals surface area contributed by atoms with Crippen LogP contribution < -0.4 is 4.74 Å². The monoisotopic (exact) mass is 251 g/mol. The molecule has 0 saturated heterocycles. The minimum absolute atomic E-state index is 0.221. The number of hydrogen-bond acceptors (Lipinski definition) is 4. The maximum atomic E-state index is 13.1. The molecule has 1 N–H and O–H groups in total. The van der Waals surface area contributed by atoms with Crippen LogP contribution in [0.4, 0.5) is 4.39 Å². The minimum Gasteiger partial charge on any atom is -0.487 e. The Balaban J connectivity index is 2.13. The van der Waals surface area contributed by atoms with E-state index in [0.29, 0.717) is 17.0 Å². The fraction of sp³-hybridized carbons (Fsp3) is 0.333. The topological polar surface area (TPSA) is 60.2 Å². The Kier molecular flexibility index (Phi) is 3.57. The van der Waals surface area contributed by atoms with Crippen LogP contribution >= 0.6 is 0 Å². The van der Waals surface area contributed by atoms with E-state index in [0.717, 1.165) is 0 Å². The van der Waals surface area contributed by atoms with Crippen LogP contribution in [0.1, 0.15) is 24.3 Å². The fourth-order valence-corrected chi connectivity index (χ4v) is 1.59. The molecule has 5 nitrogen and oxygen atoms in total. The summed E-state index contributed by atoms with van der Waals surface area (Å²) in [6.45, 7) is 1.78. The Labute approximate surface area is 104 Å². The van der Waals surface area contributed by atoms with E-state index in [1.165, 1.54) is 18.2 Å². The molecule has 0 aliphatic rings. The van der Waals surface area contributed by atoms with Gasteiger partial charge in [-0.2, -0.15) is 0 Å². The molecule has 0 saturated carbocycles. The first kappa shape index (κ1) is 12.5. The molecule has 0 fully saturated rings. The van der Waals surface area contributed by atoms with Crippen molar-refractivity contribution < 1.29 is 14.2 Å². The highest BCUT2D eigenvalue weighted by Crippen LogP contribution is 2.26. The van der Waals surface area contributed by atoms with E-state index >= 15 is 0 Å². The summed E-state index contributed by atoms with van der Waals surface area (Å²) >= 11 is 0. The Morgan fingerprint density at radius 2 is 2.28 bits per heavy atom. The number of hydrogen-bond donors (Lipinski definition) is 1. The van der Waals surface area contributed by atoms with Crippen molar-refractivity contribution in [1.29, 1.82) is 0 Å². The van der Waals surface area contributed by atoms with Crippen molar-refractivity contribution in [3.8, 4) is 5.75 Å². The van der Waals surface area contributed by atoms with E-state index in [1.54, 1.807) is 24.9 Å². The first-order valence-corrected chi connectivity index (χ1v) is 5.52. The molecule has 1 heterocycles. The first-order valence-electron chi connectivity index (χ1n) is 5.52. The Hall–Kier alpha value is -1.95. The third kappa shape index (κ3) is 2.84. The highest BCUT2D eigenvalue weighted by molar-refractivity contribution is 5.35. The molecule has 96 valence electrons. The Morgan fingerprint density at radius 3 is 2.89 bits per heavy atom. The van der Waals surface area contributed by atoms with E-state index in [9.17, 15) is 9.50 Å². The number of aliphatic hydroxyl groups excluding tert-OH is 1. The van der Waals surface area contributed by atoms with E-state index in [2.05, 4.69) is 10.3 Å². The van der Waals surface area contributed by atoms with Gasteiger partial charge in [0.2, 0.25) is 0 Å². The van der Waals surface area contributed by atoms with Crippen molar-refractivity contribution in [3.05, 3.63) is 41.5 Å². The van der Waals surface area contributed by atoms with Crippen LogP contribution in [0.3, 0.4) is 0 Å². The molecule has 6 heteroatoms. The number of aliphatic hydroxyl groups is 1. The number of benzene rings is 1. The molecule has 1 aromatic carbocycles. The lowest BCUT2D eigenvalue weighted by molar-refractivity contribution is 0.189. The largest absolute Gasteiger partial charge is 0.487 e. The van der Waals surface area contributed by atoms with Gasteiger partial charge in [0.05, 0.1) is 12.3 Å². The van der Waals surface area contributed by atoms with E-state index < -0.39 is 11.9 Å². The van der Waals surface area contributed by atoms with Gasteiger partial charge in [-0.05, 0) is 25.1 Å². The highest BCUT2D eigenvalue weighted by atomic mass is 19.1. The number of ether oxygens (including phenoxy) is 1. The van der Waals surface area contributed by atoms with Gasteiger partial charge in [-0.25, -0.2) is 4.39 Å². The second-order valence-corrected chi connectivity index (χ2v) is 4.03. The maximum absolute atomic E-state index is 13.1. The number of aryl methyl sites for hydroxylation is 1. The first-order chi connectivity index (χ1) is 8.56. The van der Waals surface area contributed by atoms with Gasteiger partial charge in [-0.1, -0.05) is 5.21 Å². The molecular formula is C12H14FN3O2. The lowest BCUT2D eigenvalue weighted by Gasteiger charge is -2.12. The van der Waals surface area contributed by atoms with Crippen LogP contribution in [0, 0.1) is 5.82 Å². The van der Waals surface area contributed by atoms with Gasteiger partial charge in [0.25, 0.3) is 0 Å². The van der Waals surface area contributed by atoms with Crippen LogP contribution in [0.15, 0.2) is 24.4 Å². The zero-order chi connectivity index (χ0) is 13.1. The molecular weight excluding hydrogens is 237 g/mol. The average Bonchev–Trinajstić information content (AvgIpc) is 2.73. The summed E-state index contributed by atoms with van der Waals surface area (Å²) in [4.78, 5) is 0. The van der Waals surface area contributed by atoms with Crippen LogP contribution in [0.2, 0.25) is 0 Å². The molecule has 0 aliphatic heterocycles. The Morgan fingerprint density at radius 1 is 1.50 bits per heavy atom. The van der Waals surface area contributed by atoms with Crippen molar-refractivity contribution in [2.75, 3.05) is 0 Å². The molecule has 0 aliphatic carbocycles. The summed E-state index contributed by atoms with van der Waals surface area (Å²) in [5.74, 6) is 0.0369. The molecule has 2 rings (SSSR count). The summed E-state index contributed by atoms with van der Waals surface area (Å²) in [5, 5.41) is 17.2. The molecule has 1 atom stereocenters. The second kappa shape index (κ2) is 5.14. The summed E-state index contributed by atoms with van der Waals surface area (Å²) in [5.41, 5.74) is 1.08. The van der Waals surface area contributed by atoms with Crippen molar-refractivity contribution in [2.45, 2.75) is 19.6 Å². The molecule has 18 heavy (non-hydrogen) atoms. The average molecular weight is 251 g/mol. The molecule has 1 aromatic heterocycles. The van der Waals surface area contributed by atoms with Gasteiger partial charge in [0, 0.05) is 12.6 Å². The van der Waals surface area contributed by atoms with E-state index in [1.807, 2.05) is 0 Å².